The van der Waals surface area contributed by atoms with E-state index in [9.17, 15) is 9.90 Å². The smallest absolute Gasteiger partial charge is 0.340 e. The summed E-state index contributed by atoms with van der Waals surface area (Å²) in [5.74, 6) is -0.108. The third-order valence-electron chi connectivity index (χ3n) is 6.11. The molecule has 1 saturated carbocycles. The molecule has 0 bridgehead atoms. The van der Waals surface area contributed by atoms with Gasteiger partial charge in [0, 0.05) is 29.8 Å². The highest BCUT2D eigenvalue weighted by Crippen LogP contribution is 2.44. The molecule has 6 heteroatoms. The van der Waals surface area contributed by atoms with E-state index in [4.69, 9.17) is 25.8 Å². The van der Waals surface area contributed by atoms with Gasteiger partial charge in [-0.05, 0) is 42.9 Å². The van der Waals surface area contributed by atoms with Crippen LogP contribution < -0.4 is 4.74 Å². The molecule has 5 nitrogen and oxygen atoms in total. The molecule has 1 N–H and O–H groups in total. The summed E-state index contributed by atoms with van der Waals surface area (Å²) >= 11 is 6.16. The SMILES string of the molecule is CCC1(CC)Oc2ccc(Cl)cc2[C@@H](C(=O)O[C@@H]2C[C@H](O)CC[C@H]2C(C)C)O1. The lowest BCUT2D eigenvalue weighted by molar-refractivity contribution is -0.243. The summed E-state index contributed by atoms with van der Waals surface area (Å²) in [4.78, 5) is 13.2. The van der Waals surface area contributed by atoms with Crippen LogP contribution in [-0.2, 0) is 14.3 Å². The summed E-state index contributed by atoms with van der Waals surface area (Å²) in [7, 11) is 0. The lowest BCUT2D eigenvalue weighted by Gasteiger charge is -2.42. The Hall–Kier alpha value is -1.30. The number of carbonyl (C=O) groups excluding carboxylic acids is 1. The average Bonchev–Trinajstić information content (AvgIpc) is 2.67. The number of rotatable bonds is 5. The standard InChI is InChI=1S/C22H31ClO5/c1-5-22(6-2)27-18-10-7-14(23)11-17(18)20(28-22)21(25)26-19-12-15(24)8-9-16(19)13(3)4/h7,10-11,13,15-16,19-20,24H,5-6,8-9,12H2,1-4H3/t15-,16+,19-,20+/m1/s1. The Balaban J connectivity index is 1.88. The molecule has 1 fully saturated rings. The molecule has 0 saturated heterocycles. The second-order valence-corrected chi connectivity index (χ2v) is 8.69. The van der Waals surface area contributed by atoms with Crippen LogP contribution in [0.5, 0.6) is 5.75 Å². The molecule has 0 radical (unpaired) electrons. The lowest BCUT2D eigenvalue weighted by atomic mass is 9.78. The first kappa shape index (κ1) is 21.4. The van der Waals surface area contributed by atoms with Gasteiger partial charge in [-0.25, -0.2) is 4.79 Å². The number of aliphatic hydroxyl groups excluding tert-OH is 1. The highest BCUT2D eigenvalue weighted by Gasteiger charge is 2.45. The maximum Gasteiger partial charge on any atom is 0.340 e. The van der Waals surface area contributed by atoms with Crippen LogP contribution >= 0.6 is 11.6 Å². The van der Waals surface area contributed by atoms with E-state index in [0.717, 1.165) is 12.8 Å². The molecule has 4 atom stereocenters. The van der Waals surface area contributed by atoms with Crippen LogP contribution in [0.25, 0.3) is 0 Å². The Morgan fingerprint density at radius 2 is 2.04 bits per heavy atom. The Kier molecular flexibility index (Phi) is 6.58. The van der Waals surface area contributed by atoms with Crippen molar-refractivity contribution >= 4 is 17.6 Å². The molecule has 0 aromatic heterocycles. The summed E-state index contributed by atoms with van der Waals surface area (Å²) in [6, 6.07) is 5.23. The van der Waals surface area contributed by atoms with Crippen molar-refractivity contribution in [1.29, 1.82) is 0 Å². The molecule has 28 heavy (non-hydrogen) atoms. The number of fused-ring (bicyclic) bond motifs is 1. The zero-order valence-electron chi connectivity index (χ0n) is 17.1. The maximum atomic E-state index is 13.2. The van der Waals surface area contributed by atoms with Gasteiger partial charge in [-0.3, -0.25) is 0 Å². The second kappa shape index (κ2) is 8.60. The molecular weight excluding hydrogens is 380 g/mol. The Bertz CT molecular complexity index is 700. The van der Waals surface area contributed by atoms with Crippen molar-refractivity contribution in [2.24, 2.45) is 11.8 Å². The summed E-state index contributed by atoms with van der Waals surface area (Å²) in [6.07, 6.45) is 1.62. The van der Waals surface area contributed by atoms with Crippen LogP contribution in [0, 0.1) is 11.8 Å². The number of hydrogen-bond donors (Lipinski definition) is 1. The molecule has 1 aromatic rings. The number of hydrogen-bond acceptors (Lipinski definition) is 5. The first-order chi connectivity index (χ1) is 13.3. The minimum Gasteiger partial charge on any atom is -0.462 e. The summed E-state index contributed by atoms with van der Waals surface area (Å²) < 4.78 is 18.2. The van der Waals surface area contributed by atoms with Crippen molar-refractivity contribution in [3.63, 3.8) is 0 Å². The van der Waals surface area contributed by atoms with Gasteiger partial charge in [-0.15, -0.1) is 0 Å². The van der Waals surface area contributed by atoms with Crippen LogP contribution in [0.3, 0.4) is 0 Å². The van der Waals surface area contributed by atoms with Crippen LogP contribution in [0.1, 0.15) is 71.5 Å². The zero-order valence-corrected chi connectivity index (χ0v) is 17.9. The number of benzene rings is 1. The van der Waals surface area contributed by atoms with Gasteiger partial charge in [-0.2, -0.15) is 0 Å². The number of aliphatic hydroxyl groups is 1. The zero-order chi connectivity index (χ0) is 20.5. The predicted octanol–water partition coefficient (Wildman–Crippen LogP) is 5.04. The largest absolute Gasteiger partial charge is 0.462 e. The van der Waals surface area contributed by atoms with Crippen LogP contribution in [-0.4, -0.2) is 29.1 Å². The highest BCUT2D eigenvalue weighted by molar-refractivity contribution is 6.30. The first-order valence-electron chi connectivity index (χ1n) is 10.3. The molecule has 1 aliphatic carbocycles. The molecule has 156 valence electrons. The monoisotopic (exact) mass is 410 g/mol. The van der Waals surface area contributed by atoms with E-state index in [0.29, 0.717) is 41.5 Å². The van der Waals surface area contributed by atoms with Crippen LogP contribution in [0.4, 0.5) is 0 Å². The van der Waals surface area contributed by atoms with E-state index in [1.54, 1.807) is 18.2 Å². The third kappa shape index (κ3) is 4.32. The fourth-order valence-electron chi connectivity index (χ4n) is 4.30. The quantitative estimate of drug-likeness (QED) is 0.689. The van der Waals surface area contributed by atoms with E-state index in [-0.39, 0.29) is 12.0 Å². The van der Waals surface area contributed by atoms with E-state index in [1.807, 2.05) is 13.8 Å². The molecule has 0 spiro atoms. The number of halogens is 1. The molecule has 2 aliphatic rings. The predicted molar refractivity (Wildman–Crippen MR) is 107 cm³/mol. The molecule has 0 unspecified atom stereocenters. The lowest BCUT2D eigenvalue weighted by Crippen LogP contribution is -2.46. The topological polar surface area (TPSA) is 65.0 Å². The molecule has 0 amide bonds. The van der Waals surface area contributed by atoms with E-state index < -0.39 is 24.0 Å². The third-order valence-corrected chi connectivity index (χ3v) is 6.35. The summed E-state index contributed by atoms with van der Waals surface area (Å²) in [5.41, 5.74) is 0.590. The molecular formula is C22H31ClO5. The van der Waals surface area contributed by atoms with Gasteiger partial charge in [0.15, 0.2) is 6.10 Å². The molecule has 1 aliphatic heterocycles. The van der Waals surface area contributed by atoms with Crippen molar-refractivity contribution in [1.82, 2.24) is 0 Å². The normalized spacial score (nSPS) is 29.1. The maximum absolute atomic E-state index is 13.2. The van der Waals surface area contributed by atoms with Gasteiger partial charge < -0.3 is 19.3 Å². The Morgan fingerprint density at radius 1 is 1.32 bits per heavy atom. The van der Waals surface area contributed by atoms with Crippen molar-refractivity contribution in [2.75, 3.05) is 0 Å². The van der Waals surface area contributed by atoms with Gasteiger partial charge >= 0.3 is 5.97 Å². The molecule has 3 rings (SSSR count). The van der Waals surface area contributed by atoms with E-state index in [2.05, 4.69) is 13.8 Å². The number of carbonyl (C=O) groups is 1. The fourth-order valence-corrected chi connectivity index (χ4v) is 4.48. The van der Waals surface area contributed by atoms with Gasteiger partial charge in [0.1, 0.15) is 11.9 Å². The highest BCUT2D eigenvalue weighted by atomic mass is 35.5. The van der Waals surface area contributed by atoms with Gasteiger partial charge in [0.2, 0.25) is 5.79 Å². The summed E-state index contributed by atoms with van der Waals surface area (Å²) in [5, 5.41) is 10.6. The minimum absolute atomic E-state index is 0.230. The van der Waals surface area contributed by atoms with E-state index >= 15 is 0 Å². The Morgan fingerprint density at radius 3 is 2.68 bits per heavy atom. The van der Waals surface area contributed by atoms with Crippen LogP contribution in [0.15, 0.2) is 18.2 Å². The molecule has 1 aromatic carbocycles. The molecule has 1 heterocycles. The number of esters is 1. The van der Waals surface area contributed by atoms with Crippen molar-refractivity contribution in [3.05, 3.63) is 28.8 Å². The van der Waals surface area contributed by atoms with Crippen molar-refractivity contribution in [3.8, 4) is 5.75 Å². The van der Waals surface area contributed by atoms with Crippen LogP contribution in [0.2, 0.25) is 5.02 Å². The Labute approximate surface area is 172 Å². The fraction of sp³-hybridized carbons (Fsp3) is 0.682. The second-order valence-electron chi connectivity index (χ2n) is 8.25. The van der Waals surface area contributed by atoms with Crippen molar-refractivity contribution < 1.29 is 24.1 Å². The van der Waals surface area contributed by atoms with Gasteiger partial charge in [-0.1, -0.05) is 39.3 Å². The minimum atomic E-state index is -0.894. The van der Waals surface area contributed by atoms with Gasteiger partial charge in [0.05, 0.1) is 6.10 Å². The van der Waals surface area contributed by atoms with Crippen molar-refractivity contribution in [2.45, 2.75) is 83.9 Å². The summed E-state index contributed by atoms with van der Waals surface area (Å²) in [6.45, 7) is 8.20. The van der Waals surface area contributed by atoms with Gasteiger partial charge in [0.25, 0.3) is 0 Å². The first-order valence-corrected chi connectivity index (χ1v) is 10.7. The average molecular weight is 411 g/mol. The van der Waals surface area contributed by atoms with E-state index in [1.165, 1.54) is 0 Å². The number of ether oxygens (including phenoxy) is 3.